The average molecular weight is 642 g/mol. The number of anilines is 2. The van der Waals surface area contributed by atoms with E-state index in [2.05, 4.69) is 187 Å². The summed E-state index contributed by atoms with van der Waals surface area (Å²) in [5.41, 5.74) is 13.7. The van der Waals surface area contributed by atoms with Crippen LogP contribution in [0.4, 0.5) is 11.4 Å². The molecule has 1 aromatic heterocycles. The molecule has 1 heterocycles. The summed E-state index contributed by atoms with van der Waals surface area (Å²) in [6.07, 6.45) is 5.76. The highest BCUT2D eigenvalue weighted by Gasteiger charge is 2.23. The van der Waals surface area contributed by atoms with E-state index in [4.69, 9.17) is 4.42 Å². The molecular formula is C48H35NO. The number of benzene rings is 7. The van der Waals surface area contributed by atoms with Crippen LogP contribution in [0.5, 0.6) is 0 Å². The number of hydrogen-bond donors (Lipinski definition) is 0. The molecule has 1 aliphatic carbocycles. The van der Waals surface area contributed by atoms with Gasteiger partial charge in [0.1, 0.15) is 11.2 Å². The van der Waals surface area contributed by atoms with Gasteiger partial charge in [0, 0.05) is 39.3 Å². The molecule has 238 valence electrons. The molecule has 0 amide bonds. The second-order valence-corrected chi connectivity index (χ2v) is 12.9. The zero-order valence-corrected chi connectivity index (χ0v) is 27.6. The summed E-state index contributed by atoms with van der Waals surface area (Å²) in [6.45, 7) is 0. The predicted octanol–water partition coefficient (Wildman–Crippen LogP) is 13.2. The zero-order valence-electron chi connectivity index (χ0n) is 27.6. The first-order valence-corrected chi connectivity index (χ1v) is 17.3. The Morgan fingerprint density at radius 3 is 1.72 bits per heavy atom. The molecule has 1 unspecified atom stereocenters. The first-order valence-electron chi connectivity index (χ1n) is 17.3. The largest absolute Gasteiger partial charge is 0.455 e. The van der Waals surface area contributed by atoms with Gasteiger partial charge in [0.2, 0.25) is 0 Å². The van der Waals surface area contributed by atoms with Gasteiger partial charge in [-0.2, -0.15) is 0 Å². The molecule has 1 atom stereocenters. The van der Waals surface area contributed by atoms with Crippen molar-refractivity contribution in [2.24, 2.45) is 0 Å². The monoisotopic (exact) mass is 641 g/mol. The van der Waals surface area contributed by atoms with E-state index in [1.54, 1.807) is 0 Å². The van der Waals surface area contributed by atoms with Crippen LogP contribution in [0, 0.1) is 0 Å². The molecule has 0 N–H and O–H groups in total. The van der Waals surface area contributed by atoms with Crippen LogP contribution in [0.2, 0.25) is 0 Å². The normalized spacial score (nSPS) is 14.4. The van der Waals surface area contributed by atoms with Gasteiger partial charge in [0.05, 0.1) is 0 Å². The molecule has 0 radical (unpaired) electrons. The number of nitrogens with zero attached hydrogens (tertiary/aromatic N) is 1. The summed E-state index contributed by atoms with van der Waals surface area (Å²) in [7, 11) is 0. The zero-order chi connectivity index (χ0) is 33.3. The van der Waals surface area contributed by atoms with Crippen LogP contribution < -0.4 is 4.90 Å². The maximum absolute atomic E-state index is 6.41. The van der Waals surface area contributed by atoms with E-state index in [1.165, 1.54) is 27.8 Å². The third-order valence-electron chi connectivity index (χ3n) is 9.84. The van der Waals surface area contributed by atoms with E-state index in [-0.39, 0.29) is 5.92 Å². The first kappa shape index (κ1) is 29.7. The van der Waals surface area contributed by atoms with Crippen molar-refractivity contribution >= 4 is 38.9 Å². The van der Waals surface area contributed by atoms with Gasteiger partial charge in [-0.15, -0.1) is 0 Å². The van der Waals surface area contributed by atoms with E-state index >= 15 is 0 Å². The molecule has 2 heteroatoms. The van der Waals surface area contributed by atoms with Gasteiger partial charge in [-0.05, 0) is 76.2 Å². The molecule has 0 fully saturated rings. The standard InChI is InChI=1S/C48H35NO/c1-4-13-34(14-5-1)37-23-27-41(28-24-37)49(43-32-39(35-15-6-2-7-16-35)31-40(33-43)36-17-8-3-9-18-36)42-29-25-38(26-30-42)44-20-12-21-46-45-19-10-11-22-47(45)50-48(44)46/h1-30,32-33,39H,31H2. The second kappa shape index (κ2) is 12.9. The van der Waals surface area contributed by atoms with E-state index in [1.807, 2.05) is 12.1 Å². The van der Waals surface area contributed by atoms with Crippen molar-refractivity contribution in [2.45, 2.75) is 12.3 Å². The van der Waals surface area contributed by atoms with Gasteiger partial charge < -0.3 is 9.32 Å². The van der Waals surface area contributed by atoms with Gasteiger partial charge in [0.25, 0.3) is 0 Å². The number of allylic oxidation sites excluding steroid dienone is 3. The van der Waals surface area contributed by atoms with Crippen LogP contribution in [-0.4, -0.2) is 0 Å². The predicted molar refractivity (Wildman–Crippen MR) is 209 cm³/mol. The number of para-hydroxylation sites is 2. The summed E-state index contributed by atoms with van der Waals surface area (Å²) in [4.78, 5) is 2.40. The van der Waals surface area contributed by atoms with Crippen molar-refractivity contribution in [1.82, 2.24) is 0 Å². The minimum atomic E-state index is 0.238. The number of hydrogen-bond acceptors (Lipinski definition) is 2. The fourth-order valence-electron chi connectivity index (χ4n) is 7.34. The topological polar surface area (TPSA) is 16.4 Å². The maximum Gasteiger partial charge on any atom is 0.143 e. The van der Waals surface area contributed by atoms with Crippen LogP contribution in [0.25, 0.3) is 49.8 Å². The summed E-state index contributed by atoms with van der Waals surface area (Å²) in [5, 5.41) is 2.28. The fourth-order valence-corrected chi connectivity index (χ4v) is 7.34. The Balaban J connectivity index is 1.17. The van der Waals surface area contributed by atoms with E-state index in [0.29, 0.717) is 0 Å². The lowest BCUT2D eigenvalue weighted by atomic mass is 9.84. The molecular weight excluding hydrogens is 607 g/mol. The molecule has 0 spiro atoms. The first-order chi connectivity index (χ1) is 24.8. The maximum atomic E-state index is 6.41. The van der Waals surface area contributed by atoms with Crippen molar-refractivity contribution < 1.29 is 4.42 Å². The Morgan fingerprint density at radius 2 is 1.02 bits per heavy atom. The van der Waals surface area contributed by atoms with Gasteiger partial charge >= 0.3 is 0 Å². The van der Waals surface area contributed by atoms with Gasteiger partial charge in [-0.1, -0.05) is 158 Å². The summed E-state index contributed by atoms with van der Waals surface area (Å²) >= 11 is 0. The van der Waals surface area contributed by atoms with Crippen LogP contribution >= 0.6 is 0 Å². The van der Waals surface area contributed by atoms with Gasteiger partial charge in [0.15, 0.2) is 0 Å². The average Bonchev–Trinajstić information content (AvgIpc) is 3.59. The Hall–Kier alpha value is -6.38. The highest BCUT2D eigenvalue weighted by Crippen LogP contribution is 2.42. The van der Waals surface area contributed by atoms with Crippen molar-refractivity contribution in [3.8, 4) is 22.3 Å². The van der Waals surface area contributed by atoms with Gasteiger partial charge in [-0.25, -0.2) is 0 Å². The van der Waals surface area contributed by atoms with E-state index < -0.39 is 0 Å². The van der Waals surface area contributed by atoms with Crippen LogP contribution in [0.3, 0.4) is 0 Å². The lowest BCUT2D eigenvalue weighted by molar-refractivity contribution is 0.670. The second-order valence-electron chi connectivity index (χ2n) is 12.9. The van der Waals surface area contributed by atoms with E-state index in [9.17, 15) is 0 Å². The van der Waals surface area contributed by atoms with Crippen LogP contribution in [0.1, 0.15) is 23.5 Å². The smallest absolute Gasteiger partial charge is 0.143 e. The van der Waals surface area contributed by atoms with Crippen LogP contribution in [0.15, 0.2) is 204 Å². The molecule has 50 heavy (non-hydrogen) atoms. The highest BCUT2D eigenvalue weighted by molar-refractivity contribution is 6.09. The Labute approximate surface area is 292 Å². The molecule has 8 aromatic rings. The quantitative estimate of drug-likeness (QED) is 0.172. The minimum Gasteiger partial charge on any atom is -0.455 e. The molecule has 0 saturated carbocycles. The fraction of sp³-hybridized carbons (Fsp3) is 0.0417. The molecule has 2 nitrogen and oxygen atoms in total. The Kier molecular flexibility index (Phi) is 7.68. The third kappa shape index (κ3) is 5.61. The Morgan fingerprint density at radius 1 is 0.460 bits per heavy atom. The number of fused-ring (bicyclic) bond motifs is 3. The summed E-state index contributed by atoms with van der Waals surface area (Å²) < 4.78 is 6.41. The lowest BCUT2D eigenvalue weighted by Gasteiger charge is -2.32. The summed E-state index contributed by atoms with van der Waals surface area (Å²) in [5.74, 6) is 0.238. The molecule has 0 saturated heterocycles. The molecule has 1 aliphatic rings. The molecule has 9 rings (SSSR count). The molecule has 7 aromatic carbocycles. The Bertz CT molecular complexity index is 2470. The number of rotatable bonds is 7. The van der Waals surface area contributed by atoms with Crippen LogP contribution in [-0.2, 0) is 0 Å². The minimum absolute atomic E-state index is 0.238. The van der Waals surface area contributed by atoms with E-state index in [0.717, 1.165) is 56.6 Å². The van der Waals surface area contributed by atoms with Crippen molar-refractivity contribution in [2.75, 3.05) is 4.90 Å². The molecule has 0 aliphatic heterocycles. The van der Waals surface area contributed by atoms with Crippen molar-refractivity contribution in [3.05, 3.63) is 211 Å². The van der Waals surface area contributed by atoms with Gasteiger partial charge in [-0.3, -0.25) is 0 Å². The highest BCUT2D eigenvalue weighted by atomic mass is 16.3. The summed E-state index contributed by atoms with van der Waals surface area (Å²) in [6, 6.07) is 64.8. The van der Waals surface area contributed by atoms with Crippen molar-refractivity contribution in [3.63, 3.8) is 0 Å². The van der Waals surface area contributed by atoms with Crippen molar-refractivity contribution in [1.29, 1.82) is 0 Å². The lowest BCUT2D eigenvalue weighted by Crippen LogP contribution is -2.19. The molecule has 0 bridgehead atoms. The third-order valence-corrected chi connectivity index (χ3v) is 9.84. The SMILES string of the molecule is C1=C(c2ccccc2)CC(c2ccccc2)C=C1N(c1ccc(-c2ccccc2)cc1)c1ccc(-c2cccc3c2oc2ccccc23)cc1. The number of furan rings is 1.